The summed E-state index contributed by atoms with van der Waals surface area (Å²) < 4.78 is 10.3. The van der Waals surface area contributed by atoms with E-state index >= 15 is 0 Å². The first kappa shape index (κ1) is 19.5. The van der Waals surface area contributed by atoms with E-state index in [9.17, 15) is 4.79 Å². The van der Waals surface area contributed by atoms with Crippen LogP contribution in [0.4, 0.5) is 0 Å². The van der Waals surface area contributed by atoms with Gasteiger partial charge in [0, 0.05) is 40.7 Å². The molecule has 3 rings (SSSR count). The van der Waals surface area contributed by atoms with Crippen LogP contribution in [0.3, 0.4) is 0 Å². The molecule has 0 spiro atoms. The monoisotopic (exact) mass is 406 g/mol. The van der Waals surface area contributed by atoms with Gasteiger partial charge in [-0.25, -0.2) is 0 Å². The minimum absolute atomic E-state index is 0.340. The van der Waals surface area contributed by atoms with Gasteiger partial charge in [-0.1, -0.05) is 41.4 Å². The molecule has 1 atom stereocenters. The van der Waals surface area contributed by atoms with Gasteiger partial charge in [-0.05, 0) is 23.8 Å². The van der Waals surface area contributed by atoms with E-state index in [-0.39, 0.29) is 5.97 Å². The van der Waals surface area contributed by atoms with Gasteiger partial charge >= 0.3 is 5.97 Å². The number of ether oxygens (including phenoxy) is 2. The molecule has 5 nitrogen and oxygen atoms in total. The number of nitrogens with one attached hydrogen (secondary N) is 2. The Morgan fingerprint density at radius 1 is 1.19 bits per heavy atom. The number of benzene rings is 2. The van der Waals surface area contributed by atoms with Crippen LogP contribution in [0.25, 0.3) is 10.9 Å². The molecule has 7 heteroatoms. The Morgan fingerprint density at radius 3 is 2.70 bits per heavy atom. The number of hydrogen-bond donors (Lipinski definition) is 2. The van der Waals surface area contributed by atoms with Gasteiger partial charge in [0.2, 0.25) is 0 Å². The lowest BCUT2D eigenvalue weighted by molar-refractivity contribution is -0.143. The van der Waals surface area contributed by atoms with Crippen molar-refractivity contribution in [3.8, 4) is 5.75 Å². The van der Waals surface area contributed by atoms with E-state index in [4.69, 9.17) is 32.7 Å². The summed E-state index contributed by atoms with van der Waals surface area (Å²) >= 11 is 12.3. The fraction of sp³-hybridized carbons (Fsp3) is 0.250. The molecule has 0 saturated carbocycles. The van der Waals surface area contributed by atoms with E-state index < -0.39 is 6.04 Å². The highest BCUT2D eigenvalue weighted by Gasteiger charge is 2.22. The van der Waals surface area contributed by atoms with Gasteiger partial charge in [-0.3, -0.25) is 10.1 Å². The van der Waals surface area contributed by atoms with Crippen LogP contribution < -0.4 is 10.1 Å². The topological polar surface area (TPSA) is 63.4 Å². The Morgan fingerprint density at radius 2 is 1.96 bits per heavy atom. The Bertz CT molecular complexity index is 956. The standard InChI is InChI=1S/C20H20Cl2N2O3/c1-26-19-13(7-14(21)9-16(19)22)11-24-18(20(25)27-2)8-12-10-23-17-6-4-3-5-15(12)17/h3-7,9-10,18,23-24H,8,11H2,1-2H3/t18-/m0/s1. The second-order valence-corrected chi connectivity index (χ2v) is 6.94. The molecule has 27 heavy (non-hydrogen) atoms. The highest BCUT2D eigenvalue weighted by Crippen LogP contribution is 2.32. The zero-order valence-electron chi connectivity index (χ0n) is 15.0. The summed E-state index contributed by atoms with van der Waals surface area (Å²) in [5.74, 6) is 0.191. The minimum Gasteiger partial charge on any atom is -0.495 e. The van der Waals surface area contributed by atoms with Gasteiger partial charge in [0.1, 0.15) is 11.8 Å². The van der Waals surface area contributed by atoms with Crippen molar-refractivity contribution in [1.29, 1.82) is 0 Å². The molecule has 1 aromatic heterocycles. The zero-order chi connectivity index (χ0) is 19.4. The fourth-order valence-corrected chi connectivity index (χ4v) is 3.72. The molecule has 0 fully saturated rings. The maximum atomic E-state index is 12.3. The number of methoxy groups -OCH3 is 2. The van der Waals surface area contributed by atoms with Crippen LogP contribution in [0.5, 0.6) is 5.75 Å². The van der Waals surface area contributed by atoms with Crippen molar-refractivity contribution >= 4 is 40.1 Å². The summed E-state index contributed by atoms with van der Waals surface area (Å²) in [5.41, 5.74) is 2.83. The lowest BCUT2D eigenvalue weighted by atomic mass is 10.0. The summed E-state index contributed by atoms with van der Waals surface area (Å²) in [6.07, 6.45) is 2.40. The number of H-pyrrole nitrogens is 1. The molecule has 0 radical (unpaired) electrons. The number of aromatic nitrogens is 1. The second-order valence-electron chi connectivity index (χ2n) is 6.10. The number of aromatic amines is 1. The predicted molar refractivity (Wildman–Crippen MR) is 108 cm³/mol. The molecule has 0 aliphatic heterocycles. The van der Waals surface area contributed by atoms with Crippen LogP contribution in [0, 0.1) is 0 Å². The summed E-state index contributed by atoms with van der Waals surface area (Å²) in [6, 6.07) is 10.8. The van der Waals surface area contributed by atoms with Crippen LogP contribution in [-0.4, -0.2) is 31.2 Å². The number of fused-ring (bicyclic) bond motifs is 1. The Kier molecular flexibility index (Phi) is 6.26. The number of carbonyl (C=O) groups excluding carboxylic acids is 1. The highest BCUT2D eigenvalue weighted by molar-refractivity contribution is 6.35. The average molecular weight is 407 g/mol. The zero-order valence-corrected chi connectivity index (χ0v) is 16.5. The molecule has 0 aliphatic rings. The fourth-order valence-electron chi connectivity index (χ4n) is 3.11. The molecule has 0 aliphatic carbocycles. The minimum atomic E-state index is -0.531. The van der Waals surface area contributed by atoms with Gasteiger partial charge in [0.05, 0.1) is 19.2 Å². The van der Waals surface area contributed by atoms with Crippen LogP contribution in [0.2, 0.25) is 10.0 Å². The van der Waals surface area contributed by atoms with Gasteiger partial charge in [-0.2, -0.15) is 0 Å². The third kappa shape index (κ3) is 4.38. The summed E-state index contributed by atoms with van der Waals surface area (Å²) in [4.78, 5) is 15.5. The summed E-state index contributed by atoms with van der Waals surface area (Å²) in [7, 11) is 2.92. The molecule has 3 aromatic rings. The van der Waals surface area contributed by atoms with E-state index in [1.54, 1.807) is 19.2 Å². The lowest BCUT2D eigenvalue weighted by Crippen LogP contribution is -2.39. The smallest absolute Gasteiger partial charge is 0.323 e. The number of hydrogen-bond acceptors (Lipinski definition) is 4. The van der Waals surface area contributed by atoms with Gasteiger partial charge < -0.3 is 14.5 Å². The van der Waals surface area contributed by atoms with Crippen LogP contribution >= 0.6 is 23.2 Å². The highest BCUT2D eigenvalue weighted by atomic mass is 35.5. The Balaban J connectivity index is 1.81. The molecule has 2 aromatic carbocycles. The second kappa shape index (κ2) is 8.65. The predicted octanol–water partition coefficient (Wildman–Crippen LogP) is 4.36. The Labute approximate surface area is 167 Å². The van der Waals surface area contributed by atoms with Gasteiger partial charge in [-0.15, -0.1) is 0 Å². The van der Waals surface area contributed by atoms with E-state index in [1.165, 1.54) is 7.11 Å². The first-order valence-electron chi connectivity index (χ1n) is 8.41. The van der Waals surface area contributed by atoms with Crippen molar-refractivity contribution in [2.45, 2.75) is 19.0 Å². The lowest BCUT2D eigenvalue weighted by Gasteiger charge is -2.18. The maximum absolute atomic E-state index is 12.3. The first-order valence-corrected chi connectivity index (χ1v) is 9.17. The number of carbonyl (C=O) groups is 1. The third-order valence-corrected chi connectivity index (χ3v) is 4.91. The molecule has 2 N–H and O–H groups in total. The quantitative estimate of drug-likeness (QED) is 0.572. The van der Waals surface area contributed by atoms with E-state index in [2.05, 4.69) is 10.3 Å². The van der Waals surface area contributed by atoms with E-state index in [0.717, 1.165) is 22.0 Å². The molecule has 0 amide bonds. The normalized spacial score (nSPS) is 12.1. The van der Waals surface area contributed by atoms with Gasteiger partial charge in [0.25, 0.3) is 0 Å². The maximum Gasteiger partial charge on any atom is 0.323 e. The van der Waals surface area contributed by atoms with Crippen LogP contribution in [0.1, 0.15) is 11.1 Å². The molecule has 0 bridgehead atoms. The summed E-state index contributed by atoms with van der Waals surface area (Å²) in [5, 5.41) is 5.24. The Hall–Kier alpha value is -2.21. The molecule has 0 saturated heterocycles. The van der Waals surface area contributed by atoms with E-state index in [0.29, 0.717) is 28.8 Å². The van der Waals surface area contributed by atoms with Crippen molar-refractivity contribution < 1.29 is 14.3 Å². The SMILES string of the molecule is COC(=O)[C@H](Cc1c[nH]c2ccccc12)NCc1cc(Cl)cc(Cl)c1OC. The van der Waals surface area contributed by atoms with E-state index in [1.807, 2.05) is 30.5 Å². The molecule has 142 valence electrons. The van der Waals surface area contributed by atoms with Crippen molar-refractivity contribution in [3.05, 3.63) is 63.8 Å². The summed E-state index contributed by atoms with van der Waals surface area (Å²) in [6.45, 7) is 0.353. The number of halogens is 2. The molecular weight excluding hydrogens is 387 g/mol. The van der Waals surface area contributed by atoms with Crippen molar-refractivity contribution in [3.63, 3.8) is 0 Å². The van der Waals surface area contributed by atoms with Gasteiger partial charge in [0.15, 0.2) is 0 Å². The van der Waals surface area contributed by atoms with Crippen LogP contribution in [0.15, 0.2) is 42.6 Å². The number of rotatable bonds is 7. The largest absolute Gasteiger partial charge is 0.495 e. The third-order valence-electron chi connectivity index (χ3n) is 4.41. The first-order chi connectivity index (χ1) is 13.0. The van der Waals surface area contributed by atoms with Crippen LogP contribution in [-0.2, 0) is 22.5 Å². The number of para-hydroxylation sites is 1. The molecule has 0 unspecified atom stereocenters. The number of esters is 1. The van der Waals surface area contributed by atoms with Crippen molar-refractivity contribution in [1.82, 2.24) is 10.3 Å². The molecular formula is C20H20Cl2N2O3. The van der Waals surface area contributed by atoms with Crippen molar-refractivity contribution in [2.75, 3.05) is 14.2 Å². The average Bonchev–Trinajstić information content (AvgIpc) is 3.07. The molecule has 1 heterocycles. The van der Waals surface area contributed by atoms with Crippen molar-refractivity contribution in [2.24, 2.45) is 0 Å².